The third-order valence-electron chi connectivity index (χ3n) is 3.52. The van der Waals surface area contributed by atoms with Gasteiger partial charge < -0.3 is 14.0 Å². The second-order valence-electron chi connectivity index (χ2n) is 5.09. The fourth-order valence-corrected chi connectivity index (χ4v) is 2.59. The minimum atomic E-state index is -4.71. The number of ether oxygens (including phenoxy) is 2. The number of benzene rings is 2. The van der Waals surface area contributed by atoms with E-state index in [0.717, 1.165) is 16.8 Å². The number of methoxy groups -OCH3 is 1. The lowest BCUT2D eigenvalue weighted by atomic mass is 10.2. The normalized spacial score (nSPS) is 11.7. The van der Waals surface area contributed by atoms with Crippen LogP contribution in [0.25, 0.3) is 16.6 Å². The summed E-state index contributed by atoms with van der Waals surface area (Å²) >= 11 is 0. The fourth-order valence-electron chi connectivity index (χ4n) is 2.59. The zero-order chi connectivity index (χ0) is 16.6. The third-order valence-corrected chi connectivity index (χ3v) is 3.52. The van der Waals surface area contributed by atoms with E-state index in [2.05, 4.69) is 4.74 Å². The maximum Gasteiger partial charge on any atom is 0.573 e. The Balaban J connectivity index is 2.11. The van der Waals surface area contributed by atoms with Crippen LogP contribution in [-0.2, 0) is 0 Å². The number of fused-ring (bicyclic) bond motifs is 1. The first-order valence-corrected chi connectivity index (χ1v) is 6.90. The summed E-state index contributed by atoms with van der Waals surface area (Å²) in [7, 11) is 1.58. The summed E-state index contributed by atoms with van der Waals surface area (Å²) in [6, 6.07) is 13.5. The summed E-state index contributed by atoms with van der Waals surface area (Å²) in [4.78, 5) is 0. The average Bonchev–Trinajstić information content (AvgIpc) is 2.81. The van der Waals surface area contributed by atoms with Crippen molar-refractivity contribution in [1.29, 1.82) is 0 Å². The van der Waals surface area contributed by atoms with Crippen molar-refractivity contribution >= 4 is 10.9 Å². The Labute approximate surface area is 130 Å². The van der Waals surface area contributed by atoms with E-state index >= 15 is 0 Å². The molecule has 0 bridgehead atoms. The predicted molar refractivity (Wildman–Crippen MR) is 81.2 cm³/mol. The Morgan fingerprint density at radius 2 is 1.57 bits per heavy atom. The second kappa shape index (κ2) is 5.53. The summed E-state index contributed by atoms with van der Waals surface area (Å²) < 4.78 is 48.2. The highest BCUT2D eigenvalue weighted by molar-refractivity contribution is 5.84. The third kappa shape index (κ3) is 3.11. The Bertz CT molecular complexity index is 835. The first kappa shape index (κ1) is 15.3. The number of aryl methyl sites for hydroxylation is 1. The van der Waals surface area contributed by atoms with Crippen molar-refractivity contribution in [3.05, 3.63) is 54.2 Å². The lowest BCUT2D eigenvalue weighted by Crippen LogP contribution is -2.17. The number of halogens is 3. The average molecular weight is 321 g/mol. The summed E-state index contributed by atoms with van der Waals surface area (Å²) in [5.74, 6) is 0.474. The maximum absolute atomic E-state index is 12.4. The van der Waals surface area contributed by atoms with Crippen molar-refractivity contribution in [1.82, 2.24) is 4.57 Å². The Morgan fingerprint density at radius 3 is 2.17 bits per heavy atom. The molecule has 0 saturated carbocycles. The molecule has 0 N–H and O–H groups in total. The zero-order valence-corrected chi connectivity index (χ0v) is 12.5. The van der Waals surface area contributed by atoms with Gasteiger partial charge in [-0.2, -0.15) is 0 Å². The molecule has 23 heavy (non-hydrogen) atoms. The summed E-state index contributed by atoms with van der Waals surface area (Å²) in [5.41, 5.74) is 2.39. The molecule has 0 atom stereocenters. The van der Waals surface area contributed by atoms with Crippen molar-refractivity contribution in [2.24, 2.45) is 0 Å². The molecule has 0 fully saturated rings. The molecule has 0 aliphatic heterocycles. The number of rotatable bonds is 3. The van der Waals surface area contributed by atoms with Gasteiger partial charge in [-0.05, 0) is 49.4 Å². The van der Waals surface area contributed by atoms with Gasteiger partial charge in [-0.25, -0.2) is 0 Å². The minimum Gasteiger partial charge on any atom is -0.497 e. The molecule has 3 nitrogen and oxygen atoms in total. The summed E-state index contributed by atoms with van der Waals surface area (Å²) in [5, 5.41) is 0.841. The molecule has 1 aromatic heterocycles. The van der Waals surface area contributed by atoms with Gasteiger partial charge in [-0.15, -0.1) is 13.2 Å². The molecule has 0 radical (unpaired) electrons. The molecule has 120 valence electrons. The molecular formula is C17H14F3NO2. The Kier molecular flexibility index (Phi) is 3.67. The van der Waals surface area contributed by atoms with Crippen molar-refractivity contribution in [3.8, 4) is 17.2 Å². The van der Waals surface area contributed by atoms with E-state index in [0.29, 0.717) is 11.3 Å². The van der Waals surface area contributed by atoms with Crippen LogP contribution in [0.4, 0.5) is 13.2 Å². The molecule has 0 unspecified atom stereocenters. The number of aromatic nitrogens is 1. The number of nitrogens with zero attached hydrogens (tertiary/aromatic N) is 1. The van der Waals surface area contributed by atoms with Crippen molar-refractivity contribution in [2.45, 2.75) is 13.3 Å². The van der Waals surface area contributed by atoms with Crippen LogP contribution >= 0.6 is 0 Å². The van der Waals surface area contributed by atoms with Crippen LogP contribution in [0.15, 0.2) is 48.5 Å². The van der Waals surface area contributed by atoms with Gasteiger partial charge in [-0.1, -0.05) is 0 Å². The highest BCUT2D eigenvalue weighted by Crippen LogP contribution is 2.30. The van der Waals surface area contributed by atoms with E-state index in [1.54, 1.807) is 25.3 Å². The number of hydrogen-bond donors (Lipinski definition) is 0. The van der Waals surface area contributed by atoms with Gasteiger partial charge in [-0.3, -0.25) is 0 Å². The topological polar surface area (TPSA) is 23.4 Å². The Morgan fingerprint density at radius 1 is 0.913 bits per heavy atom. The molecule has 3 rings (SSSR count). The van der Waals surface area contributed by atoms with Crippen LogP contribution in [-0.4, -0.2) is 18.0 Å². The lowest BCUT2D eigenvalue weighted by Gasteiger charge is -2.12. The van der Waals surface area contributed by atoms with Crippen molar-refractivity contribution < 1.29 is 22.6 Å². The van der Waals surface area contributed by atoms with Gasteiger partial charge in [0, 0.05) is 22.8 Å². The van der Waals surface area contributed by atoms with Gasteiger partial charge in [0.2, 0.25) is 0 Å². The van der Waals surface area contributed by atoms with Gasteiger partial charge >= 0.3 is 6.36 Å². The van der Waals surface area contributed by atoms with E-state index < -0.39 is 6.36 Å². The van der Waals surface area contributed by atoms with Crippen LogP contribution in [0.3, 0.4) is 0 Å². The molecule has 6 heteroatoms. The molecule has 0 spiro atoms. The van der Waals surface area contributed by atoms with Gasteiger partial charge in [0.05, 0.1) is 12.6 Å². The SMILES string of the molecule is COc1ccc(-n2c(C)cc3ccc(OC(F)(F)F)cc32)cc1. The zero-order valence-electron chi connectivity index (χ0n) is 12.5. The molecule has 0 aliphatic carbocycles. The molecule has 1 heterocycles. The molecule has 0 aliphatic rings. The second-order valence-corrected chi connectivity index (χ2v) is 5.09. The van der Waals surface area contributed by atoms with Crippen molar-refractivity contribution in [2.75, 3.05) is 7.11 Å². The summed E-state index contributed by atoms with van der Waals surface area (Å²) in [6.07, 6.45) is -4.71. The van der Waals surface area contributed by atoms with Gasteiger partial charge in [0.1, 0.15) is 11.5 Å². The van der Waals surface area contributed by atoms with Crippen LogP contribution in [0, 0.1) is 6.92 Å². The highest BCUT2D eigenvalue weighted by Gasteiger charge is 2.31. The minimum absolute atomic E-state index is 0.238. The van der Waals surface area contributed by atoms with Crippen LogP contribution in [0.1, 0.15) is 5.69 Å². The standard InChI is InChI=1S/C17H14F3NO2/c1-11-9-12-3-6-15(23-17(18,19)20)10-16(12)21(11)13-4-7-14(22-2)8-5-13/h3-10H,1-2H3. The van der Waals surface area contributed by atoms with E-state index in [4.69, 9.17) is 4.74 Å². The van der Waals surface area contributed by atoms with Crippen molar-refractivity contribution in [3.63, 3.8) is 0 Å². The fraction of sp³-hybridized carbons (Fsp3) is 0.176. The van der Waals surface area contributed by atoms with E-state index in [9.17, 15) is 13.2 Å². The quantitative estimate of drug-likeness (QED) is 0.688. The lowest BCUT2D eigenvalue weighted by molar-refractivity contribution is -0.274. The smallest absolute Gasteiger partial charge is 0.497 e. The van der Waals surface area contributed by atoms with Crippen LogP contribution < -0.4 is 9.47 Å². The van der Waals surface area contributed by atoms with E-state index in [-0.39, 0.29) is 5.75 Å². The summed E-state index contributed by atoms with van der Waals surface area (Å²) in [6.45, 7) is 1.90. The predicted octanol–water partition coefficient (Wildman–Crippen LogP) is 4.85. The molecule has 0 amide bonds. The Hall–Kier alpha value is -2.63. The van der Waals surface area contributed by atoms with Gasteiger partial charge in [0.25, 0.3) is 0 Å². The molecule has 0 saturated heterocycles. The first-order chi connectivity index (χ1) is 10.9. The molecular weight excluding hydrogens is 307 g/mol. The molecule has 2 aromatic carbocycles. The molecule has 3 aromatic rings. The number of alkyl halides is 3. The van der Waals surface area contributed by atoms with Gasteiger partial charge in [0.15, 0.2) is 0 Å². The number of hydrogen-bond acceptors (Lipinski definition) is 2. The van der Waals surface area contributed by atoms with E-state index in [1.807, 2.05) is 29.7 Å². The van der Waals surface area contributed by atoms with E-state index in [1.165, 1.54) is 12.1 Å². The monoisotopic (exact) mass is 321 g/mol. The largest absolute Gasteiger partial charge is 0.573 e. The maximum atomic E-state index is 12.4. The van der Waals surface area contributed by atoms with Crippen LogP contribution in [0.2, 0.25) is 0 Å². The first-order valence-electron chi connectivity index (χ1n) is 6.90. The van der Waals surface area contributed by atoms with Crippen LogP contribution in [0.5, 0.6) is 11.5 Å². The highest BCUT2D eigenvalue weighted by atomic mass is 19.4.